The van der Waals surface area contributed by atoms with E-state index in [2.05, 4.69) is 10.9 Å². The average Bonchev–Trinajstić information content (AvgIpc) is 3.22. The minimum absolute atomic E-state index is 0. The Morgan fingerprint density at radius 3 is 2.88 bits per heavy atom. The number of ether oxygens (including phenoxy) is 1. The fourth-order valence-corrected chi connectivity index (χ4v) is 4.28. The van der Waals surface area contributed by atoms with Crippen molar-refractivity contribution in [2.24, 2.45) is 0 Å². The summed E-state index contributed by atoms with van der Waals surface area (Å²) in [5, 5.41) is 2.79. The number of hydrogen-bond donors (Lipinski definition) is 0. The zero-order chi connectivity index (χ0) is 15.4. The van der Waals surface area contributed by atoms with E-state index in [0.717, 1.165) is 34.0 Å². The Labute approximate surface area is 154 Å². The van der Waals surface area contributed by atoms with E-state index in [0.29, 0.717) is 5.69 Å². The van der Waals surface area contributed by atoms with Crippen LogP contribution in [0.5, 0.6) is 5.75 Å². The van der Waals surface area contributed by atoms with Gasteiger partial charge < -0.3 is 9.72 Å². The Morgan fingerprint density at radius 2 is 2.08 bits per heavy atom. The first-order valence-corrected chi connectivity index (χ1v) is 8.09. The zero-order valence-corrected chi connectivity index (χ0v) is 15.5. The smallest absolute Gasteiger partial charge is 0.154 e. The Bertz CT molecular complexity index is 1000. The molecule has 0 bridgehead atoms. The van der Waals surface area contributed by atoms with Gasteiger partial charge in [0.2, 0.25) is 0 Å². The van der Waals surface area contributed by atoms with Crippen LogP contribution >= 0.6 is 0 Å². The summed E-state index contributed by atoms with van der Waals surface area (Å²) in [5.41, 5.74) is 2.94. The van der Waals surface area contributed by atoms with Crippen molar-refractivity contribution < 1.29 is 24.8 Å². The molecule has 2 heterocycles. The predicted octanol–water partition coefficient (Wildman–Crippen LogP) is 4.94. The molecule has 1 aromatic heterocycles. The van der Waals surface area contributed by atoms with Crippen LogP contribution in [0.3, 0.4) is 0 Å². The van der Waals surface area contributed by atoms with Gasteiger partial charge in [-0.15, -0.1) is 35.0 Å². The SMILES string of the molecule is [C-]#[N+]c1cc2c3c(cnc2c2[c-]cccc12)C1(CCCC1)CO3.[Ir]. The molecule has 3 aromatic rings. The topological polar surface area (TPSA) is 26.5 Å². The molecule has 0 atom stereocenters. The predicted molar refractivity (Wildman–Crippen MR) is 90.0 cm³/mol. The zero-order valence-electron chi connectivity index (χ0n) is 13.1. The van der Waals surface area contributed by atoms with E-state index in [9.17, 15) is 0 Å². The molecule has 2 aromatic carbocycles. The average molecular weight is 492 g/mol. The largest absolute Gasteiger partial charge is 0.492 e. The molecule has 1 aliphatic carbocycles. The van der Waals surface area contributed by atoms with Crippen molar-refractivity contribution in [1.82, 2.24) is 4.98 Å². The van der Waals surface area contributed by atoms with E-state index in [-0.39, 0.29) is 25.5 Å². The van der Waals surface area contributed by atoms with Gasteiger partial charge in [0.25, 0.3) is 0 Å². The van der Waals surface area contributed by atoms with Crippen LogP contribution in [-0.4, -0.2) is 11.6 Å². The van der Waals surface area contributed by atoms with Crippen LogP contribution in [0.2, 0.25) is 0 Å². The summed E-state index contributed by atoms with van der Waals surface area (Å²) in [5.74, 6) is 0.945. The molecule has 1 spiro atoms. The van der Waals surface area contributed by atoms with Crippen molar-refractivity contribution in [2.75, 3.05) is 6.61 Å². The van der Waals surface area contributed by atoms with E-state index < -0.39 is 0 Å². The van der Waals surface area contributed by atoms with Crippen molar-refractivity contribution in [2.45, 2.75) is 31.1 Å². The summed E-state index contributed by atoms with van der Waals surface area (Å²) in [7, 11) is 0. The summed E-state index contributed by atoms with van der Waals surface area (Å²) in [6.45, 7) is 8.27. The van der Waals surface area contributed by atoms with Gasteiger partial charge in [-0.2, -0.15) is 0 Å². The summed E-state index contributed by atoms with van der Waals surface area (Å²) >= 11 is 0. The van der Waals surface area contributed by atoms with Crippen molar-refractivity contribution in [3.8, 4) is 5.75 Å². The number of fused-ring (bicyclic) bond motifs is 6. The normalized spacial score (nSPS) is 17.5. The number of rotatable bonds is 0. The Kier molecular flexibility index (Phi) is 3.60. The molecular weight excluding hydrogens is 476 g/mol. The third-order valence-corrected chi connectivity index (χ3v) is 5.46. The number of pyridine rings is 1. The van der Waals surface area contributed by atoms with Gasteiger partial charge in [0.05, 0.1) is 13.2 Å². The molecule has 0 unspecified atom stereocenters. The molecule has 1 radical (unpaired) electrons. The van der Waals surface area contributed by atoms with E-state index in [1.807, 2.05) is 30.5 Å². The molecule has 1 aliphatic heterocycles. The quantitative estimate of drug-likeness (QED) is 0.329. The monoisotopic (exact) mass is 492 g/mol. The Balaban J connectivity index is 0.00000146. The third kappa shape index (κ3) is 1.95. The molecule has 121 valence electrons. The minimum Gasteiger partial charge on any atom is -0.492 e. The molecule has 4 heteroatoms. The minimum atomic E-state index is 0. The Morgan fingerprint density at radius 1 is 1.25 bits per heavy atom. The van der Waals surface area contributed by atoms with Gasteiger partial charge >= 0.3 is 0 Å². The summed E-state index contributed by atoms with van der Waals surface area (Å²) in [4.78, 5) is 8.47. The van der Waals surface area contributed by atoms with Crippen molar-refractivity contribution in [3.63, 3.8) is 0 Å². The molecule has 0 amide bonds. The second kappa shape index (κ2) is 5.55. The van der Waals surface area contributed by atoms with Crippen LogP contribution in [0, 0.1) is 12.6 Å². The molecule has 2 aliphatic rings. The molecular formula is C20H15IrN2O-. The van der Waals surface area contributed by atoms with Crippen LogP contribution in [0.15, 0.2) is 30.5 Å². The molecule has 5 rings (SSSR count). The third-order valence-electron chi connectivity index (χ3n) is 5.46. The molecule has 0 N–H and O–H groups in total. The molecule has 24 heavy (non-hydrogen) atoms. The maximum absolute atomic E-state index is 7.51. The van der Waals surface area contributed by atoms with Crippen molar-refractivity contribution in [3.05, 3.63) is 53.5 Å². The molecule has 1 fully saturated rings. The van der Waals surface area contributed by atoms with E-state index >= 15 is 0 Å². The number of hydrogen-bond acceptors (Lipinski definition) is 2. The van der Waals surface area contributed by atoms with Gasteiger partial charge in [0.1, 0.15) is 5.75 Å². The summed E-state index contributed by atoms with van der Waals surface area (Å²) in [6, 6.07) is 11.0. The van der Waals surface area contributed by atoms with Crippen LogP contribution in [0.4, 0.5) is 5.69 Å². The van der Waals surface area contributed by atoms with Crippen LogP contribution in [-0.2, 0) is 25.5 Å². The van der Waals surface area contributed by atoms with Gasteiger partial charge in [-0.25, -0.2) is 4.85 Å². The number of aromatic nitrogens is 1. The molecule has 0 saturated heterocycles. The standard InChI is InChI=1S/C20H15N2O.Ir/c1-21-17-10-15-18(14-7-3-2-6-13(14)17)22-11-16-19(15)23-12-20(16)8-4-5-9-20;/h2-3,6,10-11H,4-5,8-9,12H2;/q-1;. The van der Waals surface area contributed by atoms with Crippen LogP contribution in [0.1, 0.15) is 31.2 Å². The number of benzene rings is 2. The summed E-state index contributed by atoms with van der Waals surface area (Å²) in [6.07, 6.45) is 6.90. The first kappa shape index (κ1) is 15.6. The van der Waals surface area contributed by atoms with Crippen molar-refractivity contribution in [1.29, 1.82) is 0 Å². The second-order valence-corrected chi connectivity index (χ2v) is 6.64. The maximum Gasteiger partial charge on any atom is 0.154 e. The first-order chi connectivity index (χ1) is 11.3. The maximum atomic E-state index is 7.51. The number of nitrogens with zero attached hydrogens (tertiary/aromatic N) is 2. The van der Waals surface area contributed by atoms with Crippen LogP contribution < -0.4 is 4.74 Å². The summed E-state index contributed by atoms with van der Waals surface area (Å²) < 4.78 is 6.14. The van der Waals surface area contributed by atoms with Gasteiger partial charge in [-0.3, -0.25) is 0 Å². The van der Waals surface area contributed by atoms with Crippen molar-refractivity contribution >= 4 is 27.4 Å². The second-order valence-electron chi connectivity index (χ2n) is 6.64. The first-order valence-electron chi connectivity index (χ1n) is 8.09. The van der Waals surface area contributed by atoms with Gasteiger partial charge in [-0.05, 0) is 23.7 Å². The van der Waals surface area contributed by atoms with E-state index in [4.69, 9.17) is 16.3 Å². The molecule has 1 saturated carbocycles. The Hall–Kier alpha value is -1.95. The van der Waals surface area contributed by atoms with E-state index in [1.165, 1.54) is 31.2 Å². The van der Waals surface area contributed by atoms with Gasteiger partial charge in [-0.1, -0.05) is 18.9 Å². The van der Waals surface area contributed by atoms with Gasteiger partial charge in [0.15, 0.2) is 5.69 Å². The van der Waals surface area contributed by atoms with Crippen LogP contribution in [0.25, 0.3) is 26.5 Å². The fourth-order valence-electron chi connectivity index (χ4n) is 4.28. The van der Waals surface area contributed by atoms with Gasteiger partial charge in [0, 0.05) is 37.3 Å². The molecule has 3 nitrogen and oxygen atoms in total. The fraction of sp³-hybridized carbons (Fsp3) is 0.300. The van der Waals surface area contributed by atoms with E-state index in [1.54, 1.807) is 0 Å².